The first-order chi connectivity index (χ1) is 9.83. The van der Waals surface area contributed by atoms with Crippen LogP contribution in [0.25, 0.3) is 0 Å². The number of rotatable bonds is 8. The molecule has 0 atom stereocenters. The fourth-order valence-electron chi connectivity index (χ4n) is 1.81. The average Bonchev–Trinajstić information content (AvgIpc) is 2.40. The van der Waals surface area contributed by atoms with Crippen LogP contribution in [-0.4, -0.2) is 32.0 Å². The van der Waals surface area contributed by atoms with Gasteiger partial charge in [0.15, 0.2) is 11.5 Å². The second-order valence-electron chi connectivity index (χ2n) is 6.32. The van der Waals surface area contributed by atoms with Crippen LogP contribution in [-0.2, 0) is 11.3 Å². The molecule has 0 spiro atoms. The molecule has 0 aromatic heterocycles. The minimum atomic E-state index is 0.0566. The van der Waals surface area contributed by atoms with Gasteiger partial charge in [0.2, 0.25) is 0 Å². The molecule has 4 heteroatoms. The van der Waals surface area contributed by atoms with Gasteiger partial charge in [-0.15, -0.1) is 0 Å². The third-order valence-corrected chi connectivity index (χ3v) is 2.87. The van der Waals surface area contributed by atoms with E-state index in [-0.39, 0.29) is 11.6 Å². The summed E-state index contributed by atoms with van der Waals surface area (Å²) in [6.45, 7) is 12.3. The molecule has 0 radical (unpaired) electrons. The minimum absolute atomic E-state index is 0.0566. The number of para-hydroxylation sites is 1. The van der Waals surface area contributed by atoms with Crippen molar-refractivity contribution in [2.75, 3.05) is 20.3 Å². The topological polar surface area (TPSA) is 39.7 Å². The number of hydrogen-bond acceptors (Lipinski definition) is 4. The summed E-state index contributed by atoms with van der Waals surface area (Å²) in [5, 5.41) is 3.47. The van der Waals surface area contributed by atoms with Crippen molar-refractivity contribution in [1.82, 2.24) is 5.32 Å². The first-order valence-corrected chi connectivity index (χ1v) is 7.49. The molecule has 1 N–H and O–H groups in total. The molecule has 0 fully saturated rings. The van der Waals surface area contributed by atoms with Gasteiger partial charge in [-0.2, -0.15) is 0 Å². The maximum absolute atomic E-state index is 5.88. The molecular formula is C17H29NO3. The van der Waals surface area contributed by atoms with Gasteiger partial charge >= 0.3 is 0 Å². The lowest BCUT2D eigenvalue weighted by Crippen LogP contribution is -2.35. The molecule has 0 unspecified atom stereocenters. The lowest BCUT2D eigenvalue weighted by molar-refractivity contribution is 0.0544. The zero-order valence-electron chi connectivity index (χ0n) is 14.2. The highest BCUT2D eigenvalue weighted by Gasteiger charge is 2.14. The number of hydrogen-bond donors (Lipinski definition) is 1. The van der Waals surface area contributed by atoms with E-state index in [0.717, 1.165) is 23.6 Å². The van der Waals surface area contributed by atoms with E-state index in [0.29, 0.717) is 13.2 Å². The summed E-state index contributed by atoms with van der Waals surface area (Å²) in [4.78, 5) is 0. The monoisotopic (exact) mass is 295 g/mol. The largest absolute Gasteiger partial charge is 0.493 e. The standard InChI is InChI=1S/C17H29NO3/c1-13(2)20-10-11-21-16-14(12-18-17(3,4)5)8-7-9-15(16)19-6/h7-9,13,18H,10-12H2,1-6H3. The molecule has 0 aliphatic rings. The van der Waals surface area contributed by atoms with Crippen molar-refractivity contribution in [3.63, 3.8) is 0 Å². The Morgan fingerprint density at radius 1 is 1.14 bits per heavy atom. The third kappa shape index (κ3) is 6.82. The van der Waals surface area contributed by atoms with Crippen LogP contribution < -0.4 is 14.8 Å². The van der Waals surface area contributed by atoms with E-state index in [1.54, 1.807) is 7.11 Å². The van der Waals surface area contributed by atoms with Crippen molar-refractivity contribution >= 4 is 0 Å². The van der Waals surface area contributed by atoms with Gasteiger partial charge in [-0.25, -0.2) is 0 Å². The molecule has 0 saturated carbocycles. The summed E-state index contributed by atoms with van der Waals surface area (Å²) >= 11 is 0. The van der Waals surface area contributed by atoms with Crippen LogP contribution in [0.2, 0.25) is 0 Å². The van der Waals surface area contributed by atoms with E-state index < -0.39 is 0 Å². The summed E-state index contributed by atoms with van der Waals surface area (Å²) in [6.07, 6.45) is 0.216. The quantitative estimate of drug-likeness (QED) is 0.746. The Kier molecular flexibility index (Phi) is 6.99. The SMILES string of the molecule is COc1cccc(CNC(C)(C)C)c1OCCOC(C)C. The van der Waals surface area contributed by atoms with Crippen molar-refractivity contribution in [2.24, 2.45) is 0 Å². The molecule has 0 aliphatic carbocycles. The van der Waals surface area contributed by atoms with Gasteiger partial charge in [0, 0.05) is 17.6 Å². The molecule has 0 amide bonds. The highest BCUT2D eigenvalue weighted by molar-refractivity contribution is 5.46. The molecule has 120 valence electrons. The van der Waals surface area contributed by atoms with E-state index in [4.69, 9.17) is 14.2 Å². The smallest absolute Gasteiger partial charge is 0.165 e. The molecule has 1 rings (SSSR count). The summed E-state index contributed by atoms with van der Waals surface area (Å²) in [5.41, 5.74) is 1.15. The molecule has 0 bridgehead atoms. The van der Waals surface area contributed by atoms with E-state index in [9.17, 15) is 0 Å². The summed E-state index contributed by atoms with van der Waals surface area (Å²) in [6, 6.07) is 5.95. The van der Waals surface area contributed by atoms with Gasteiger partial charge in [-0.1, -0.05) is 12.1 Å². The van der Waals surface area contributed by atoms with E-state index in [1.165, 1.54) is 0 Å². The maximum Gasteiger partial charge on any atom is 0.165 e. The Hall–Kier alpha value is -1.26. The van der Waals surface area contributed by atoms with E-state index >= 15 is 0 Å². The Bertz CT molecular complexity index is 425. The predicted molar refractivity (Wildman–Crippen MR) is 86.2 cm³/mol. The Morgan fingerprint density at radius 2 is 1.86 bits per heavy atom. The van der Waals surface area contributed by atoms with Crippen LogP contribution in [0.4, 0.5) is 0 Å². The van der Waals surface area contributed by atoms with Crippen molar-refractivity contribution < 1.29 is 14.2 Å². The van der Waals surface area contributed by atoms with E-state index in [2.05, 4.69) is 32.2 Å². The zero-order valence-corrected chi connectivity index (χ0v) is 14.2. The predicted octanol–water partition coefficient (Wildman–Crippen LogP) is 3.39. The molecule has 0 heterocycles. The highest BCUT2D eigenvalue weighted by atomic mass is 16.5. The Labute approximate surface area is 128 Å². The summed E-state index contributed by atoms with van der Waals surface area (Å²) in [7, 11) is 1.66. The van der Waals surface area contributed by atoms with Crippen LogP contribution in [0.15, 0.2) is 18.2 Å². The summed E-state index contributed by atoms with van der Waals surface area (Å²) in [5.74, 6) is 1.55. The van der Waals surface area contributed by atoms with Crippen LogP contribution in [0.5, 0.6) is 11.5 Å². The van der Waals surface area contributed by atoms with E-state index in [1.807, 2.05) is 26.0 Å². The molecule has 0 aliphatic heterocycles. The van der Waals surface area contributed by atoms with Crippen LogP contribution >= 0.6 is 0 Å². The molecule has 0 saturated heterocycles. The van der Waals surface area contributed by atoms with Gasteiger partial charge in [-0.3, -0.25) is 0 Å². The first kappa shape index (κ1) is 17.8. The zero-order chi connectivity index (χ0) is 15.9. The highest BCUT2D eigenvalue weighted by Crippen LogP contribution is 2.31. The molecular weight excluding hydrogens is 266 g/mol. The van der Waals surface area contributed by atoms with Gasteiger partial charge < -0.3 is 19.5 Å². The third-order valence-electron chi connectivity index (χ3n) is 2.87. The van der Waals surface area contributed by atoms with Crippen LogP contribution in [0.1, 0.15) is 40.2 Å². The molecule has 4 nitrogen and oxygen atoms in total. The van der Waals surface area contributed by atoms with Crippen LogP contribution in [0, 0.1) is 0 Å². The second kappa shape index (κ2) is 8.25. The lowest BCUT2D eigenvalue weighted by atomic mass is 10.1. The second-order valence-corrected chi connectivity index (χ2v) is 6.32. The van der Waals surface area contributed by atoms with Crippen molar-refractivity contribution in [1.29, 1.82) is 0 Å². The molecule has 1 aromatic rings. The molecule has 1 aromatic carbocycles. The Morgan fingerprint density at radius 3 is 2.43 bits per heavy atom. The minimum Gasteiger partial charge on any atom is -0.493 e. The van der Waals surface area contributed by atoms with Gasteiger partial charge in [0.1, 0.15) is 6.61 Å². The van der Waals surface area contributed by atoms with Crippen molar-refractivity contribution in [3.05, 3.63) is 23.8 Å². The maximum atomic E-state index is 5.88. The average molecular weight is 295 g/mol. The Balaban J connectivity index is 2.73. The van der Waals surface area contributed by atoms with Gasteiger partial charge in [0.25, 0.3) is 0 Å². The normalized spacial score (nSPS) is 11.8. The number of nitrogens with one attached hydrogen (secondary N) is 1. The number of ether oxygens (including phenoxy) is 3. The van der Waals surface area contributed by atoms with Crippen LogP contribution in [0.3, 0.4) is 0 Å². The van der Waals surface area contributed by atoms with Gasteiger partial charge in [0.05, 0.1) is 19.8 Å². The van der Waals surface area contributed by atoms with Gasteiger partial charge in [-0.05, 0) is 40.7 Å². The fourth-order valence-corrected chi connectivity index (χ4v) is 1.81. The first-order valence-electron chi connectivity index (χ1n) is 7.49. The van der Waals surface area contributed by atoms with Crippen molar-refractivity contribution in [2.45, 2.75) is 52.8 Å². The number of methoxy groups -OCH3 is 1. The van der Waals surface area contributed by atoms with Crippen molar-refractivity contribution in [3.8, 4) is 11.5 Å². The summed E-state index contributed by atoms with van der Waals surface area (Å²) < 4.78 is 16.8. The number of benzene rings is 1. The fraction of sp³-hybridized carbons (Fsp3) is 0.647. The molecule has 21 heavy (non-hydrogen) atoms. The lowest BCUT2D eigenvalue weighted by Gasteiger charge is -2.22.